The fraction of sp³-hybridized carbons (Fsp3) is 0.0333. The van der Waals surface area contributed by atoms with Crippen molar-refractivity contribution in [2.24, 2.45) is 4.99 Å². The van der Waals surface area contributed by atoms with Crippen LogP contribution in [0, 0.1) is 0 Å². The second-order valence-electron chi connectivity index (χ2n) is 8.18. The molecule has 5 rings (SSSR count). The second-order valence-corrected chi connectivity index (χ2v) is 9.19. The third kappa shape index (κ3) is 5.79. The van der Waals surface area contributed by atoms with E-state index in [9.17, 15) is 9.59 Å². The molecule has 182 valence electrons. The van der Waals surface area contributed by atoms with E-state index < -0.39 is 5.97 Å². The molecule has 1 amide bonds. The van der Waals surface area contributed by atoms with Gasteiger partial charge in [-0.25, -0.2) is 9.79 Å². The van der Waals surface area contributed by atoms with Crippen molar-refractivity contribution in [1.29, 1.82) is 0 Å². The standard InChI is InChI=1S/C30H22N2O4S/c33-28-27(37-30(31-24-9-3-1-4-10-24)32(28)25-11-5-2-6-12-25)19-22-8-7-13-26(18-22)36-20-21-14-16-23(17-15-21)29(34)35/h1-19H,20H2,(H,34,35)/b27-19-,31-30?. The molecule has 7 heteroatoms. The molecule has 4 aromatic rings. The summed E-state index contributed by atoms with van der Waals surface area (Å²) in [5.74, 6) is -0.462. The molecule has 0 unspecified atom stereocenters. The molecule has 0 bridgehead atoms. The summed E-state index contributed by atoms with van der Waals surface area (Å²) < 4.78 is 5.91. The summed E-state index contributed by atoms with van der Waals surface area (Å²) in [7, 11) is 0. The summed E-state index contributed by atoms with van der Waals surface area (Å²) in [6.45, 7) is 0.295. The summed E-state index contributed by atoms with van der Waals surface area (Å²) in [4.78, 5) is 31.4. The Hall–Kier alpha value is -4.62. The Morgan fingerprint density at radius 3 is 2.30 bits per heavy atom. The minimum absolute atomic E-state index is 0.143. The van der Waals surface area contributed by atoms with E-state index in [1.165, 1.54) is 11.8 Å². The molecule has 0 aliphatic carbocycles. The summed E-state index contributed by atoms with van der Waals surface area (Å²) >= 11 is 1.33. The number of benzene rings is 4. The molecule has 1 fully saturated rings. The zero-order valence-corrected chi connectivity index (χ0v) is 20.5. The van der Waals surface area contributed by atoms with Gasteiger partial charge in [0.2, 0.25) is 0 Å². The Morgan fingerprint density at radius 1 is 0.892 bits per heavy atom. The largest absolute Gasteiger partial charge is 0.489 e. The Labute approximate surface area is 218 Å². The third-order valence-corrected chi connectivity index (χ3v) is 6.53. The predicted molar refractivity (Wildman–Crippen MR) is 147 cm³/mol. The van der Waals surface area contributed by atoms with Gasteiger partial charge >= 0.3 is 5.97 Å². The first-order valence-corrected chi connectivity index (χ1v) is 12.4. The quantitative estimate of drug-likeness (QED) is 0.280. The number of carboxylic acid groups (broad SMARTS) is 1. The van der Waals surface area contributed by atoms with Crippen LogP contribution in [0.15, 0.2) is 119 Å². The highest BCUT2D eigenvalue weighted by molar-refractivity contribution is 8.19. The molecule has 0 saturated carbocycles. The lowest BCUT2D eigenvalue weighted by atomic mass is 10.1. The smallest absolute Gasteiger partial charge is 0.335 e. The molecule has 4 aromatic carbocycles. The molecule has 0 aromatic heterocycles. The maximum atomic E-state index is 13.5. The zero-order chi connectivity index (χ0) is 25.6. The van der Waals surface area contributed by atoms with E-state index in [4.69, 9.17) is 14.8 Å². The van der Waals surface area contributed by atoms with E-state index in [-0.39, 0.29) is 11.5 Å². The van der Waals surface area contributed by atoms with Crippen molar-refractivity contribution in [3.05, 3.63) is 131 Å². The highest BCUT2D eigenvalue weighted by Gasteiger charge is 2.34. The number of aromatic carboxylic acids is 1. The van der Waals surface area contributed by atoms with Crippen LogP contribution in [0.5, 0.6) is 5.75 Å². The SMILES string of the molecule is O=C(O)c1ccc(COc2cccc(/C=C3\SC(=Nc4ccccc4)N(c4ccccc4)C3=O)c2)cc1. The normalized spacial score (nSPS) is 15.4. The van der Waals surface area contributed by atoms with Gasteiger partial charge in [0, 0.05) is 0 Å². The Balaban J connectivity index is 1.38. The minimum Gasteiger partial charge on any atom is -0.489 e. The summed E-state index contributed by atoms with van der Waals surface area (Å²) in [5.41, 5.74) is 3.44. The van der Waals surface area contributed by atoms with E-state index in [0.717, 1.165) is 22.5 Å². The molecule has 1 N–H and O–H groups in total. The number of nitrogens with zero attached hydrogens (tertiary/aromatic N) is 2. The van der Waals surface area contributed by atoms with Gasteiger partial charge in [0.25, 0.3) is 5.91 Å². The van der Waals surface area contributed by atoms with Crippen LogP contribution in [-0.2, 0) is 11.4 Å². The van der Waals surface area contributed by atoms with Gasteiger partial charge in [-0.3, -0.25) is 9.69 Å². The van der Waals surface area contributed by atoms with Gasteiger partial charge in [0.1, 0.15) is 12.4 Å². The lowest BCUT2D eigenvalue weighted by Crippen LogP contribution is -2.28. The number of hydrogen-bond donors (Lipinski definition) is 1. The van der Waals surface area contributed by atoms with Gasteiger partial charge in [-0.1, -0.05) is 60.7 Å². The molecule has 1 saturated heterocycles. The van der Waals surface area contributed by atoms with Crippen LogP contribution >= 0.6 is 11.8 Å². The summed E-state index contributed by atoms with van der Waals surface area (Å²) in [6, 6.07) is 33.1. The average Bonchev–Trinajstić information content (AvgIpc) is 3.23. The molecule has 37 heavy (non-hydrogen) atoms. The van der Waals surface area contributed by atoms with Gasteiger partial charge in [0.05, 0.1) is 21.8 Å². The number of aliphatic imine (C=N–C) groups is 1. The number of ether oxygens (including phenoxy) is 1. The monoisotopic (exact) mass is 506 g/mol. The Morgan fingerprint density at radius 2 is 1.59 bits per heavy atom. The van der Waals surface area contributed by atoms with E-state index in [0.29, 0.717) is 22.4 Å². The van der Waals surface area contributed by atoms with Crippen molar-refractivity contribution in [1.82, 2.24) is 0 Å². The first-order chi connectivity index (χ1) is 18.1. The van der Waals surface area contributed by atoms with Crippen molar-refractivity contribution >= 4 is 46.3 Å². The third-order valence-electron chi connectivity index (χ3n) is 5.56. The number of amides is 1. The maximum absolute atomic E-state index is 13.5. The molecule has 1 aliphatic heterocycles. The number of hydrogen-bond acceptors (Lipinski definition) is 5. The van der Waals surface area contributed by atoms with Crippen molar-refractivity contribution in [3.63, 3.8) is 0 Å². The number of rotatable bonds is 7. The minimum atomic E-state index is -0.963. The number of thioether (sulfide) groups is 1. The molecule has 0 atom stereocenters. The maximum Gasteiger partial charge on any atom is 0.335 e. The first kappa shape index (κ1) is 24.1. The topological polar surface area (TPSA) is 79.2 Å². The lowest BCUT2D eigenvalue weighted by Gasteiger charge is -2.15. The van der Waals surface area contributed by atoms with Crippen LogP contribution in [0.4, 0.5) is 11.4 Å². The van der Waals surface area contributed by atoms with Crippen LogP contribution in [-0.4, -0.2) is 22.2 Å². The van der Waals surface area contributed by atoms with Crippen molar-refractivity contribution in [2.75, 3.05) is 4.90 Å². The van der Waals surface area contributed by atoms with Crippen LogP contribution < -0.4 is 9.64 Å². The fourth-order valence-corrected chi connectivity index (χ4v) is 4.72. The second kappa shape index (κ2) is 11.0. The van der Waals surface area contributed by atoms with Crippen molar-refractivity contribution < 1.29 is 19.4 Å². The molecular formula is C30H22N2O4S. The summed E-state index contributed by atoms with van der Waals surface area (Å²) in [6.07, 6.45) is 1.84. The predicted octanol–water partition coefficient (Wildman–Crippen LogP) is 6.77. The number of carboxylic acids is 1. The van der Waals surface area contributed by atoms with Crippen molar-refractivity contribution in [2.45, 2.75) is 6.61 Å². The highest BCUT2D eigenvalue weighted by atomic mass is 32.2. The zero-order valence-electron chi connectivity index (χ0n) is 19.7. The molecule has 1 heterocycles. The Kier molecular flexibility index (Phi) is 7.14. The number of carbonyl (C=O) groups excluding carboxylic acids is 1. The molecular weight excluding hydrogens is 484 g/mol. The Bertz CT molecular complexity index is 1480. The molecule has 0 spiro atoms. The number of para-hydroxylation sites is 2. The van der Waals surface area contributed by atoms with E-state index in [1.54, 1.807) is 29.2 Å². The fourth-order valence-electron chi connectivity index (χ4n) is 3.72. The number of amidine groups is 1. The van der Waals surface area contributed by atoms with E-state index >= 15 is 0 Å². The van der Waals surface area contributed by atoms with Crippen LogP contribution in [0.25, 0.3) is 6.08 Å². The van der Waals surface area contributed by atoms with Gasteiger partial charge in [0.15, 0.2) is 5.17 Å². The van der Waals surface area contributed by atoms with Crippen LogP contribution in [0.2, 0.25) is 0 Å². The molecule has 6 nitrogen and oxygen atoms in total. The number of anilines is 1. The number of carbonyl (C=O) groups is 2. The summed E-state index contributed by atoms with van der Waals surface area (Å²) in [5, 5.41) is 9.64. The van der Waals surface area contributed by atoms with Crippen LogP contribution in [0.3, 0.4) is 0 Å². The first-order valence-electron chi connectivity index (χ1n) is 11.5. The van der Waals surface area contributed by atoms with E-state index in [2.05, 4.69) is 0 Å². The molecule has 1 aliphatic rings. The van der Waals surface area contributed by atoms with Crippen LogP contribution in [0.1, 0.15) is 21.5 Å². The van der Waals surface area contributed by atoms with Gasteiger partial charge < -0.3 is 9.84 Å². The highest BCUT2D eigenvalue weighted by Crippen LogP contribution is 2.37. The van der Waals surface area contributed by atoms with Gasteiger partial charge in [-0.05, 0) is 77.5 Å². The van der Waals surface area contributed by atoms with Crippen molar-refractivity contribution in [3.8, 4) is 5.75 Å². The molecule has 0 radical (unpaired) electrons. The van der Waals surface area contributed by atoms with E-state index in [1.807, 2.05) is 91.0 Å². The van der Waals surface area contributed by atoms with Gasteiger partial charge in [-0.15, -0.1) is 0 Å². The average molecular weight is 507 g/mol. The lowest BCUT2D eigenvalue weighted by molar-refractivity contribution is -0.113. The van der Waals surface area contributed by atoms with Gasteiger partial charge in [-0.2, -0.15) is 0 Å².